The third-order valence-corrected chi connectivity index (χ3v) is 4.35. The second kappa shape index (κ2) is 7.09. The first-order valence-electron chi connectivity index (χ1n) is 8.05. The Morgan fingerprint density at radius 3 is 2.64 bits per heavy atom. The topological polar surface area (TPSA) is 39.7 Å². The molecule has 0 spiro atoms. The lowest BCUT2D eigenvalue weighted by Crippen LogP contribution is -2.49. The van der Waals surface area contributed by atoms with Crippen LogP contribution in [0.2, 0.25) is 0 Å². The number of carbonyl (C=O) groups is 1. The van der Waals surface area contributed by atoms with E-state index in [0.29, 0.717) is 12.5 Å². The lowest BCUT2D eigenvalue weighted by Gasteiger charge is -2.34. The molecule has 1 aromatic rings. The van der Waals surface area contributed by atoms with Crippen LogP contribution in [0.15, 0.2) is 12.1 Å². The summed E-state index contributed by atoms with van der Waals surface area (Å²) in [5.74, 6) is 0.636. The number of aromatic nitrogens is 1. The molecule has 2 rings (SSSR count). The number of rotatable bonds is 5. The Balaban J connectivity index is 2.31. The van der Waals surface area contributed by atoms with Crippen LogP contribution in [0.5, 0.6) is 0 Å². The van der Waals surface area contributed by atoms with Crippen molar-refractivity contribution in [2.75, 3.05) is 45.7 Å². The quantitative estimate of drug-likeness (QED) is 0.833. The summed E-state index contributed by atoms with van der Waals surface area (Å²) in [4.78, 5) is 23.0. The van der Waals surface area contributed by atoms with E-state index in [1.807, 2.05) is 7.05 Å². The fourth-order valence-electron chi connectivity index (χ4n) is 2.66. The maximum atomic E-state index is 12.0. The van der Waals surface area contributed by atoms with E-state index in [9.17, 15) is 4.79 Å². The molecule has 0 aromatic carbocycles. The fraction of sp³-hybridized carbons (Fsp3) is 0.647. The van der Waals surface area contributed by atoms with Gasteiger partial charge in [0, 0.05) is 32.4 Å². The highest BCUT2D eigenvalue weighted by Gasteiger charge is 2.24. The van der Waals surface area contributed by atoms with Gasteiger partial charge in [0.15, 0.2) is 0 Å². The summed E-state index contributed by atoms with van der Waals surface area (Å²) in [6, 6.07) is 4.26. The fourth-order valence-corrected chi connectivity index (χ4v) is 2.66. The van der Waals surface area contributed by atoms with Crippen LogP contribution < -0.4 is 4.90 Å². The van der Waals surface area contributed by atoms with E-state index in [0.717, 1.165) is 43.1 Å². The van der Waals surface area contributed by atoms with Crippen molar-refractivity contribution >= 4 is 11.6 Å². The van der Waals surface area contributed by atoms with Crippen LogP contribution in [0.1, 0.15) is 37.6 Å². The summed E-state index contributed by atoms with van der Waals surface area (Å²) >= 11 is 0. The Hall–Kier alpha value is -1.62. The molecular weight excluding hydrogens is 276 g/mol. The first-order valence-corrected chi connectivity index (χ1v) is 8.05. The molecule has 0 bridgehead atoms. The van der Waals surface area contributed by atoms with Crippen molar-refractivity contribution < 1.29 is 4.79 Å². The molecule has 1 fully saturated rings. The summed E-state index contributed by atoms with van der Waals surface area (Å²) in [5.41, 5.74) is 3.31. The van der Waals surface area contributed by atoms with Crippen LogP contribution >= 0.6 is 0 Å². The Labute approximate surface area is 133 Å². The maximum Gasteiger partial charge on any atom is 0.241 e. The summed E-state index contributed by atoms with van der Waals surface area (Å²) in [5, 5.41) is 0. The molecule has 22 heavy (non-hydrogen) atoms. The smallest absolute Gasteiger partial charge is 0.241 e. The number of piperazine rings is 1. The molecule has 0 saturated carbocycles. The number of carbonyl (C=O) groups excluding carboxylic acids is 1. The Morgan fingerprint density at radius 2 is 2.05 bits per heavy atom. The molecule has 1 aromatic heterocycles. The van der Waals surface area contributed by atoms with Gasteiger partial charge in [-0.25, -0.2) is 0 Å². The average molecular weight is 304 g/mol. The Morgan fingerprint density at radius 1 is 1.32 bits per heavy atom. The highest BCUT2D eigenvalue weighted by Crippen LogP contribution is 2.25. The molecule has 1 aliphatic heterocycles. The van der Waals surface area contributed by atoms with E-state index in [1.54, 1.807) is 4.90 Å². The number of hydrogen-bond acceptors (Lipinski definition) is 4. The first kappa shape index (κ1) is 16.7. The molecule has 122 valence electrons. The molecule has 5 heteroatoms. The third kappa shape index (κ3) is 3.77. The predicted octanol–water partition coefficient (Wildman–Crippen LogP) is 1.94. The highest BCUT2D eigenvalue weighted by molar-refractivity contribution is 5.82. The molecule has 1 unspecified atom stereocenters. The summed E-state index contributed by atoms with van der Waals surface area (Å²) in [6.07, 6.45) is 1.08. The Kier molecular flexibility index (Phi) is 5.40. The van der Waals surface area contributed by atoms with Gasteiger partial charge < -0.3 is 14.7 Å². The molecule has 1 aliphatic rings. The third-order valence-electron chi connectivity index (χ3n) is 4.35. The van der Waals surface area contributed by atoms with Crippen molar-refractivity contribution in [2.24, 2.45) is 0 Å². The van der Waals surface area contributed by atoms with Gasteiger partial charge in [-0.2, -0.15) is 0 Å². The maximum absolute atomic E-state index is 12.0. The zero-order chi connectivity index (χ0) is 16.3. The van der Waals surface area contributed by atoms with E-state index in [4.69, 9.17) is 4.98 Å². The van der Waals surface area contributed by atoms with E-state index in [1.165, 1.54) is 0 Å². The highest BCUT2D eigenvalue weighted by atomic mass is 16.2. The minimum atomic E-state index is 0.174. The van der Waals surface area contributed by atoms with E-state index in [2.05, 4.69) is 49.9 Å². The molecule has 1 saturated heterocycles. The lowest BCUT2D eigenvalue weighted by atomic mass is 10.0. The SMILES string of the molecule is CCC(C)c1ccc(N2CCN(C)C(=O)C2)c(CN(C)C)n1. The van der Waals surface area contributed by atoms with Gasteiger partial charge in [0.05, 0.1) is 17.9 Å². The van der Waals surface area contributed by atoms with Crippen molar-refractivity contribution in [1.29, 1.82) is 0 Å². The number of likely N-dealkylation sites (N-methyl/N-ethyl adjacent to an activating group) is 1. The van der Waals surface area contributed by atoms with Crippen molar-refractivity contribution in [1.82, 2.24) is 14.8 Å². The normalized spacial score (nSPS) is 17.3. The summed E-state index contributed by atoms with van der Waals surface area (Å²) in [7, 11) is 5.97. The van der Waals surface area contributed by atoms with Crippen LogP contribution in [0.4, 0.5) is 5.69 Å². The van der Waals surface area contributed by atoms with Gasteiger partial charge in [-0.1, -0.05) is 13.8 Å². The minimum Gasteiger partial charge on any atom is -0.359 e. The molecule has 0 radical (unpaired) electrons. The Bertz CT molecular complexity index is 529. The van der Waals surface area contributed by atoms with Gasteiger partial charge in [0.2, 0.25) is 5.91 Å². The second-order valence-electron chi connectivity index (χ2n) is 6.49. The van der Waals surface area contributed by atoms with Gasteiger partial charge in [0.25, 0.3) is 0 Å². The predicted molar refractivity (Wildman–Crippen MR) is 90.2 cm³/mol. The van der Waals surface area contributed by atoms with Crippen molar-refractivity contribution in [3.05, 3.63) is 23.5 Å². The average Bonchev–Trinajstić information content (AvgIpc) is 2.48. The van der Waals surface area contributed by atoms with E-state index < -0.39 is 0 Å². The van der Waals surface area contributed by atoms with Crippen molar-refractivity contribution in [3.63, 3.8) is 0 Å². The van der Waals surface area contributed by atoms with E-state index in [-0.39, 0.29) is 5.91 Å². The standard InChI is InChI=1S/C17H28N4O/c1-6-13(2)14-7-8-16(15(18-14)11-19(3)4)21-10-9-20(5)17(22)12-21/h7-8,13H,6,9-12H2,1-5H3. The monoisotopic (exact) mass is 304 g/mol. The van der Waals surface area contributed by atoms with Gasteiger partial charge in [-0.05, 0) is 38.6 Å². The summed E-state index contributed by atoms with van der Waals surface area (Å²) < 4.78 is 0. The van der Waals surface area contributed by atoms with Gasteiger partial charge in [-0.15, -0.1) is 0 Å². The number of nitrogens with zero attached hydrogens (tertiary/aromatic N) is 4. The minimum absolute atomic E-state index is 0.174. The number of pyridine rings is 1. The van der Waals surface area contributed by atoms with Crippen molar-refractivity contribution in [3.8, 4) is 0 Å². The van der Waals surface area contributed by atoms with E-state index >= 15 is 0 Å². The molecule has 0 N–H and O–H groups in total. The van der Waals surface area contributed by atoms with Crippen LogP contribution in [-0.4, -0.2) is 61.5 Å². The lowest BCUT2D eigenvalue weighted by molar-refractivity contribution is -0.129. The first-order chi connectivity index (χ1) is 10.4. The van der Waals surface area contributed by atoms with Crippen molar-refractivity contribution in [2.45, 2.75) is 32.7 Å². The molecule has 2 heterocycles. The van der Waals surface area contributed by atoms with Gasteiger partial charge in [0.1, 0.15) is 0 Å². The molecule has 0 aliphatic carbocycles. The molecule has 1 atom stereocenters. The zero-order valence-corrected chi connectivity index (χ0v) is 14.5. The second-order valence-corrected chi connectivity index (χ2v) is 6.49. The largest absolute Gasteiger partial charge is 0.359 e. The number of hydrogen-bond donors (Lipinski definition) is 0. The van der Waals surface area contributed by atoms with Crippen LogP contribution in [0, 0.1) is 0 Å². The molecular formula is C17H28N4O. The molecule has 1 amide bonds. The summed E-state index contributed by atoms with van der Waals surface area (Å²) in [6.45, 7) is 7.27. The van der Waals surface area contributed by atoms with Crippen LogP contribution in [-0.2, 0) is 11.3 Å². The number of anilines is 1. The van der Waals surface area contributed by atoms with Gasteiger partial charge >= 0.3 is 0 Å². The zero-order valence-electron chi connectivity index (χ0n) is 14.5. The van der Waals surface area contributed by atoms with Gasteiger partial charge in [-0.3, -0.25) is 9.78 Å². The number of amides is 1. The molecule has 5 nitrogen and oxygen atoms in total. The van der Waals surface area contributed by atoms with Crippen LogP contribution in [0.25, 0.3) is 0 Å². The van der Waals surface area contributed by atoms with Crippen LogP contribution in [0.3, 0.4) is 0 Å².